The second-order valence-electron chi connectivity index (χ2n) is 8.96. The predicted octanol–water partition coefficient (Wildman–Crippen LogP) is 3.95. The van der Waals surface area contributed by atoms with Gasteiger partial charge in [0, 0.05) is 10.6 Å². The maximum absolute atomic E-state index is 13.1. The van der Waals surface area contributed by atoms with Gasteiger partial charge in [-0.15, -0.1) is 16.4 Å². The minimum Gasteiger partial charge on any atom is -0.324 e. The molecule has 2 aromatic heterocycles. The third-order valence-electron chi connectivity index (χ3n) is 5.76. The van der Waals surface area contributed by atoms with E-state index < -0.39 is 0 Å². The van der Waals surface area contributed by atoms with E-state index in [9.17, 15) is 9.59 Å². The molecule has 0 saturated carbocycles. The van der Waals surface area contributed by atoms with Crippen molar-refractivity contribution in [2.45, 2.75) is 53.5 Å². The lowest BCUT2D eigenvalue weighted by Crippen LogP contribution is -2.31. The molecule has 1 N–H and O–H groups in total. The van der Waals surface area contributed by atoms with Gasteiger partial charge in [-0.25, -0.2) is 4.68 Å². The maximum Gasteiger partial charge on any atom is 0.279 e. The molecule has 1 aromatic carbocycles. The van der Waals surface area contributed by atoms with Crippen molar-refractivity contribution in [2.75, 3.05) is 5.32 Å². The van der Waals surface area contributed by atoms with E-state index in [-0.39, 0.29) is 23.4 Å². The minimum absolute atomic E-state index is 0.148. The fourth-order valence-corrected chi connectivity index (χ4v) is 5.26. The van der Waals surface area contributed by atoms with Gasteiger partial charge in [-0.05, 0) is 60.8 Å². The van der Waals surface area contributed by atoms with E-state index in [1.807, 2.05) is 31.2 Å². The highest BCUT2D eigenvalue weighted by molar-refractivity contribution is 7.18. The Labute approximate surface area is 173 Å². The van der Waals surface area contributed by atoms with Crippen LogP contribution in [-0.2, 0) is 24.2 Å². The van der Waals surface area contributed by atoms with Crippen molar-refractivity contribution in [1.29, 1.82) is 0 Å². The van der Waals surface area contributed by atoms with E-state index in [1.54, 1.807) is 11.3 Å². The summed E-state index contributed by atoms with van der Waals surface area (Å²) in [6, 6.07) is 7.55. The molecule has 0 aliphatic heterocycles. The summed E-state index contributed by atoms with van der Waals surface area (Å²) in [5.41, 5.74) is 2.89. The number of thiophene rings is 1. The molecule has 1 atom stereocenters. The number of aryl methyl sites for hydroxylation is 2. The zero-order valence-corrected chi connectivity index (χ0v) is 18.1. The molecule has 3 aromatic rings. The highest BCUT2D eigenvalue weighted by Gasteiger charge is 2.32. The first-order chi connectivity index (χ1) is 13.7. The number of amides is 1. The molecule has 1 amide bonds. The number of aromatic nitrogens is 3. The zero-order chi connectivity index (χ0) is 20.8. The van der Waals surface area contributed by atoms with Crippen LogP contribution in [0.5, 0.6) is 0 Å². The quantitative estimate of drug-likeness (QED) is 0.709. The molecular formula is C22H26N4O2S. The largest absolute Gasteiger partial charge is 0.324 e. The minimum atomic E-state index is -0.289. The average molecular weight is 411 g/mol. The van der Waals surface area contributed by atoms with Crippen molar-refractivity contribution < 1.29 is 4.79 Å². The van der Waals surface area contributed by atoms with Crippen LogP contribution in [0.2, 0.25) is 0 Å². The van der Waals surface area contributed by atoms with Crippen LogP contribution in [0, 0.1) is 18.3 Å². The van der Waals surface area contributed by atoms with Gasteiger partial charge in [0.1, 0.15) is 6.54 Å². The summed E-state index contributed by atoms with van der Waals surface area (Å²) >= 11 is 1.58. The lowest BCUT2D eigenvalue weighted by molar-refractivity contribution is -0.117. The molecule has 29 heavy (non-hydrogen) atoms. The van der Waals surface area contributed by atoms with Crippen molar-refractivity contribution in [1.82, 2.24) is 15.0 Å². The Morgan fingerprint density at radius 3 is 2.86 bits per heavy atom. The maximum atomic E-state index is 13.1. The SMILES string of the molecule is Cc1cccc(NC(=O)Cn2nnc3sc4c(c3c2=O)CC[C@@H](C(C)(C)C)C4)c1. The topological polar surface area (TPSA) is 76.9 Å². The van der Waals surface area contributed by atoms with Crippen LogP contribution in [0.1, 0.15) is 43.2 Å². The normalized spacial score (nSPS) is 16.6. The molecule has 0 bridgehead atoms. The van der Waals surface area contributed by atoms with Crippen LogP contribution in [0.25, 0.3) is 10.2 Å². The molecule has 0 unspecified atom stereocenters. The summed E-state index contributed by atoms with van der Waals surface area (Å²) < 4.78 is 1.18. The average Bonchev–Trinajstić information content (AvgIpc) is 3.01. The van der Waals surface area contributed by atoms with Crippen molar-refractivity contribution in [3.63, 3.8) is 0 Å². The van der Waals surface area contributed by atoms with Gasteiger partial charge in [0.2, 0.25) is 5.91 Å². The smallest absolute Gasteiger partial charge is 0.279 e. The van der Waals surface area contributed by atoms with Gasteiger partial charge < -0.3 is 5.32 Å². The first-order valence-electron chi connectivity index (χ1n) is 9.97. The van der Waals surface area contributed by atoms with Crippen LogP contribution in [0.4, 0.5) is 5.69 Å². The molecule has 0 spiro atoms. The van der Waals surface area contributed by atoms with Crippen LogP contribution in [-0.4, -0.2) is 20.9 Å². The molecular weight excluding hydrogens is 384 g/mol. The van der Waals surface area contributed by atoms with Crippen molar-refractivity contribution in [2.24, 2.45) is 11.3 Å². The van der Waals surface area contributed by atoms with E-state index in [0.717, 1.165) is 30.4 Å². The second kappa shape index (κ2) is 7.37. The van der Waals surface area contributed by atoms with Crippen molar-refractivity contribution in [3.8, 4) is 0 Å². The molecule has 7 heteroatoms. The van der Waals surface area contributed by atoms with Crippen LogP contribution >= 0.6 is 11.3 Å². The van der Waals surface area contributed by atoms with Gasteiger partial charge in [-0.2, -0.15) is 0 Å². The Kier molecular flexibility index (Phi) is 5.02. The summed E-state index contributed by atoms with van der Waals surface area (Å²) in [5.74, 6) is 0.307. The summed E-state index contributed by atoms with van der Waals surface area (Å²) in [5, 5.41) is 11.8. The first kappa shape index (κ1) is 19.8. The molecule has 1 aliphatic rings. The predicted molar refractivity (Wildman–Crippen MR) is 116 cm³/mol. The summed E-state index contributed by atoms with van der Waals surface area (Å²) in [4.78, 5) is 27.4. The fraction of sp³-hybridized carbons (Fsp3) is 0.455. The number of benzene rings is 1. The molecule has 6 nitrogen and oxygen atoms in total. The Bertz CT molecular complexity index is 1140. The number of carbonyl (C=O) groups excluding carboxylic acids is 1. The van der Waals surface area contributed by atoms with Gasteiger partial charge in [-0.3, -0.25) is 9.59 Å². The molecule has 0 radical (unpaired) electrons. The van der Waals surface area contributed by atoms with Gasteiger partial charge >= 0.3 is 0 Å². The standard InChI is InChI=1S/C22H26N4O2S/c1-13-6-5-7-15(10-13)23-18(27)12-26-21(28)19-16-9-8-14(22(2,3)4)11-17(16)29-20(19)24-25-26/h5-7,10,14H,8-9,11-12H2,1-4H3,(H,23,27)/t14-/m1/s1. The molecule has 0 fully saturated rings. The number of nitrogens with one attached hydrogen (secondary N) is 1. The lowest BCUT2D eigenvalue weighted by atomic mass is 9.72. The monoisotopic (exact) mass is 410 g/mol. The highest BCUT2D eigenvalue weighted by atomic mass is 32.1. The number of anilines is 1. The zero-order valence-electron chi connectivity index (χ0n) is 17.3. The number of nitrogens with zero attached hydrogens (tertiary/aromatic N) is 3. The number of hydrogen-bond acceptors (Lipinski definition) is 5. The van der Waals surface area contributed by atoms with E-state index in [4.69, 9.17) is 0 Å². The number of fused-ring (bicyclic) bond motifs is 3. The van der Waals surface area contributed by atoms with E-state index >= 15 is 0 Å². The first-order valence-corrected chi connectivity index (χ1v) is 10.8. The number of rotatable bonds is 3. The summed E-state index contributed by atoms with van der Waals surface area (Å²) in [6.07, 6.45) is 2.93. The third kappa shape index (κ3) is 3.96. The Morgan fingerprint density at radius 2 is 2.14 bits per heavy atom. The van der Waals surface area contributed by atoms with E-state index in [1.165, 1.54) is 9.56 Å². The lowest BCUT2D eigenvalue weighted by Gasteiger charge is -2.33. The number of hydrogen-bond donors (Lipinski definition) is 1. The highest BCUT2D eigenvalue weighted by Crippen LogP contribution is 2.41. The van der Waals surface area contributed by atoms with Crippen LogP contribution in [0.15, 0.2) is 29.1 Å². The molecule has 0 saturated heterocycles. The van der Waals surface area contributed by atoms with Gasteiger partial charge in [0.25, 0.3) is 5.56 Å². The fourth-order valence-electron chi connectivity index (χ4n) is 4.03. The van der Waals surface area contributed by atoms with Gasteiger partial charge in [0.15, 0.2) is 4.83 Å². The van der Waals surface area contributed by atoms with Gasteiger partial charge in [0.05, 0.1) is 5.39 Å². The molecule has 1 aliphatic carbocycles. The van der Waals surface area contributed by atoms with Crippen molar-refractivity contribution >= 4 is 33.1 Å². The van der Waals surface area contributed by atoms with Gasteiger partial charge in [-0.1, -0.05) is 38.1 Å². The third-order valence-corrected chi connectivity index (χ3v) is 6.90. The summed E-state index contributed by atoms with van der Waals surface area (Å²) in [6.45, 7) is 8.63. The second-order valence-corrected chi connectivity index (χ2v) is 10.0. The Hall–Kier alpha value is -2.54. The number of carbonyl (C=O) groups is 1. The Balaban J connectivity index is 1.60. The summed E-state index contributed by atoms with van der Waals surface area (Å²) in [7, 11) is 0. The van der Waals surface area contributed by atoms with E-state index in [2.05, 4.69) is 36.4 Å². The molecule has 4 rings (SSSR count). The van der Waals surface area contributed by atoms with Crippen LogP contribution in [0.3, 0.4) is 0 Å². The molecule has 152 valence electrons. The Morgan fingerprint density at radius 1 is 1.34 bits per heavy atom. The van der Waals surface area contributed by atoms with E-state index in [0.29, 0.717) is 21.8 Å². The molecule has 2 heterocycles. The van der Waals surface area contributed by atoms with Crippen molar-refractivity contribution in [3.05, 3.63) is 50.6 Å². The van der Waals surface area contributed by atoms with Crippen LogP contribution < -0.4 is 10.9 Å².